The molecule has 0 saturated heterocycles. The number of hydrogen-bond donors (Lipinski definition) is 1. The highest BCUT2D eigenvalue weighted by Crippen LogP contribution is 2.27. The maximum atomic E-state index is 6.14. The van der Waals surface area contributed by atoms with Crippen LogP contribution in [0.25, 0.3) is 11.3 Å². The maximum absolute atomic E-state index is 6.14. The fraction of sp³-hybridized carbons (Fsp3) is 0.357. The SMILES string of the molecule is Cc1cc(C)cc(-c2ncn(C(C)C)c2N)c1. The molecule has 2 aromatic rings. The van der Waals surface area contributed by atoms with Gasteiger partial charge >= 0.3 is 0 Å². The maximum Gasteiger partial charge on any atom is 0.131 e. The number of rotatable bonds is 2. The quantitative estimate of drug-likeness (QED) is 0.858. The van der Waals surface area contributed by atoms with Crippen LogP contribution in [0.2, 0.25) is 0 Å². The molecule has 17 heavy (non-hydrogen) atoms. The molecule has 2 rings (SSSR count). The molecule has 0 saturated carbocycles. The van der Waals surface area contributed by atoms with Crippen molar-refractivity contribution < 1.29 is 0 Å². The Morgan fingerprint density at radius 1 is 1.12 bits per heavy atom. The molecule has 0 fully saturated rings. The van der Waals surface area contributed by atoms with Crippen molar-refractivity contribution in [3.8, 4) is 11.3 Å². The summed E-state index contributed by atoms with van der Waals surface area (Å²) in [6.07, 6.45) is 1.81. The zero-order chi connectivity index (χ0) is 12.6. The third-order valence-corrected chi connectivity index (χ3v) is 2.88. The summed E-state index contributed by atoms with van der Waals surface area (Å²) in [4.78, 5) is 4.43. The summed E-state index contributed by atoms with van der Waals surface area (Å²) in [6.45, 7) is 8.38. The number of anilines is 1. The number of nitrogens with two attached hydrogens (primary N) is 1. The van der Waals surface area contributed by atoms with E-state index in [-0.39, 0.29) is 0 Å². The third-order valence-electron chi connectivity index (χ3n) is 2.88. The fourth-order valence-corrected chi connectivity index (χ4v) is 2.12. The van der Waals surface area contributed by atoms with Crippen molar-refractivity contribution in [3.63, 3.8) is 0 Å². The summed E-state index contributed by atoms with van der Waals surface area (Å²) < 4.78 is 1.99. The van der Waals surface area contributed by atoms with Crippen molar-refractivity contribution >= 4 is 5.82 Å². The minimum Gasteiger partial charge on any atom is -0.383 e. The van der Waals surface area contributed by atoms with Crippen LogP contribution in [0.1, 0.15) is 31.0 Å². The number of imidazole rings is 1. The summed E-state index contributed by atoms with van der Waals surface area (Å²) in [7, 11) is 0. The van der Waals surface area contributed by atoms with Gasteiger partial charge < -0.3 is 10.3 Å². The van der Waals surface area contributed by atoms with Crippen LogP contribution in [0.3, 0.4) is 0 Å². The predicted molar refractivity (Wildman–Crippen MR) is 71.9 cm³/mol. The number of nitrogen functional groups attached to an aromatic ring is 1. The molecule has 1 heterocycles. The lowest BCUT2D eigenvalue weighted by Crippen LogP contribution is -2.04. The van der Waals surface area contributed by atoms with Gasteiger partial charge in [-0.2, -0.15) is 0 Å². The summed E-state index contributed by atoms with van der Waals surface area (Å²) in [5.41, 5.74) is 10.6. The van der Waals surface area contributed by atoms with Gasteiger partial charge in [0.2, 0.25) is 0 Å². The molecular formula is C14H19N3. The number of benzene rings is 1. The summed E-state index contributed by atoms with van der Waals surface area (Å²) >= 11 is 0. The first-order valence-electron chi connectivity index (χ1n) is 5.90. The fourth-order valence-electron chi connectivity index (χ4n) is 2.12. The molecule has 0 unspecified atom stereocenters. The number of hydrogen-bond acceptors (Lipinski definition) is 2. The molecule has 3 nitrogen and oxygen atoms in total. The zero-order valence-electron chi connectivity index (χ0n) is 10.9. The molecule has 0 amide bonds. The van der Waals surface area contributed by atoms with Gasteiger partial charge in [-0.3, -0.25) is 0 Å². The Morgan fingerprint density at radius 2 is 1.71 bits per heavy atom. The second-order valence-electron chi connectivity index (χ2n) is 4.86. The Kier molecular flexibility index (Phi) is 2.92. The summed E-state index contributed by atoms with van der Waals surface area (Å²) in [6, 6.07) is 6.73. The first kappa shape index (κ1) is 11.7. The highest BCUT2D eigenvalue weighted by atomic mass is 15.1. The molecule has 0 bridgehead atoms. The minimum atomic E-state index is 0.335. The predicted octanol–water partition coefficient (Wildman–Crippen LogP) is 3.33. The van der Waals surface area contributed by atoms with Crippen molar-refractivity contribution in [3.05, 3.63) is 35.7 Å². The minimum absolute atomic E-state index is 0.335. The highest BCUT2D eigenvalue weighted by Gasteiger charge is 2.12. The van der Waals surface area contributed by atoms with E-state index in [0.29, 0.717) is 6.04 Å². The van der Waals surface area contributed by atoms with Crippen molar-refractivity contribution in [2.45, 2.75) is 33.7 Å². The van der Waals surface area contributed by atoms with E-state index in [2.05, 4.69) is 50.9 Å². The zero-order valence-corrected chi connectivity index (χ0v) is 10.9. The molecule has 0 aliphatic rings. The van der Waals surface area contributed by atoms with Gasteiger partial charge in [-0.15, -0.1) is 0 Å². The second kappa shape index (κ2) is 4.24. The van der Waals surface area contributed by atoms with Gasteiger partial charge in [-0.1, -0.05) is 17.2 Å². The molecule has 0 aliphatic carbocycles. The van der Waals surface area contributed by atoms with Crippen LogP contribution in [-0.2, 0) is 0 Å². The molecule has 0 atom stereocenters. The van der Waals surface area contributed by atoms with Crippen LogP contribution in [0.15, 0.2) is 24.5 Å². The van der Waals surface area contributed by atoms with Crippen LogP contribution in [0, 0.1) is 13.8 Å². The smallest absolute Gasteiger partial charge is 0.131 e. The monoisotopic (exact) mass is 229 g/mol. The third kappa shape index (κ3) is 2.18. The van der Waals surface area contributed by atoms with E-state index in [1.54, 1.807) is 0 Å². The van der Waals surface area contributed by atoms with Crippen LogP contribution >= 0.6 is 0 Å². The van der Waals surface area contributed by atoms with Crippen molar-refractivity contribution in [1.82, 2.24) is 9.55 Å². The lowest BCUT2D eigenvalue weighted by Gasteiger charge is -2.09. The van der Waals surface area contributed by atoms with Crippen LogP contribution in [0.4, 0.5) is 5.82 Å². The van der Waals surface area contributed by atoms with E-state index in [1.807, 2.05) is 10.9 Å². The lowest BCUT2D eigenvalue weighted by molar-refractivity contribution is 0.607. The van der Waals surface area contributed by atoms with Crippen molar-refractivity contribution in [2.75, 3.05) is 5.73 Å². The first-order valence-corrected chi connectivity index (χ1v) is 5.90. The average molecular weight is 229 g/mol. The van der Waals surface area contributed by atoms with E-state index in [9.17, 15) is 0 Å². The van der Waals surface area contributed by atoms with Crippen molar-refractivity contribution in [1.29, 1.82) is 0 Å². The van der Waals surface area contributed by atoms with Crippen LogP contribution < -0.4 is 5.73 Å². The average Bonchev–Trinajstić information content (AvgIpc) is 2.58. The van der Waals surface area contributed by atoms with E-state index in [4.69, 9.17) is 5.73 Å². The standard InChI is InChI=1S/C14H19N3/c1-9(2)17-8-16-13(14(17)15)12-6-10(3)5-11(4)7-12/h5-9H,15H2,1-4H3. The van der Waals surface area contributed by atoms with Gasteiger partial charge in [0.15, 0.2) is 0 Å². The van der Waals surface area contributed by atoms with E-state index < -0.39 is 0 Å². The Hall–Kier alpha value is -1.77. The van der Waals surface area contributed by atoms with Gasteiger partial charge in [-0.05, 0) is 39.8 Å². The van der Waals surface area contributed by atoms with Gasteiger partial charge in [0.25, 0.3) is 0 Å². The molecule has 0 spiro atoms. The van der Waals surface area contributed by atoms with Crippen LogP contribution in [-0.4, -0.2) is 9.55 Å². The van der Waals surface area contributed by atoms with Gasteiger partial charge in [-0.25, -0.2) is 4.98 Å². The molecular weight excluding hydrogens is 210 g/mol. The number of aryl methyl sites for hydroxylation is 2. The molecule has 1 aromatic carbocycles. The van der Waals surface area contributed by atoms with E-state index >= 15 is 0 Å². The molecule has 3 heteroatoms. The second-order valence-corrected chi connectivity index (χ2v) is 4.86. The normalized spacial score (nSPS) is 11.1. The molecule has 90 valence electrons. The molecule has 0 radical (unpaired) electrons. The Morgan fingerprint density at radius 3 is 2.18 bits per heavy atom. The highest BCUT2D eigenvalue weighted by molar-refractivity contribution is 5.71. The Labute approximate surface area is 102 Å². The lowest BCUT2D eigenvalue weighted by atomic mass is 10.1. The molecule has 1 aromatic heterocycles. The van der Waals surface area contributed by atoms with Gasteiger partial charge in [0.1, 0.15) is 11.5 Å². The van der Waals surface area contributed by atoms with E-state index in [0.717, 1.165) is 17.1 Å². The van der Waals surface area contributed by atoms with E-state index in [1.165, 1.54) is 11.1 Å². The topological polar surface area (TPSA) is 43.8 Å². The Balaban J connectivity index is 2.53. The Bertz CT molecular complexity index is 518. The first-order chi connectivity index (χ1) is 7.99. The molecule has 0 aliphatic heterocycles. The molecule has 2 N–H and O–H groups in total. The summed E-state index contributed by atoms with van der Waals surface area (Å²) in [5.74, 6) is 0.741. The van der Waals surface area contributed by atoms with Gasteiger partial charge in [0.05, 0.1) is 6.33 Å². The van der Waals surface area contributed by atoms with Gasteiger partial charge in [0, 0.05) is 11.6 Å². The van der Waals surface area contributed by atoms with Crippen molar-refractivity contribution in [2.24, 2.45) is 0 Å². The number of nitrogens with zero attached hydrogens (tertiary/aromatic N) is 2. The van der Waals surface area contributed by atoms with Crippen LogP contribution in [0.5, 0.6) is 0 Å². The number of aromatic nitrogens is 2. The largest absolute Gasteiger partial charge is 0.383 e. The summed E-state index contributed by atoms with van der Waals surface area (Å²) in [5, 5.41) is 0.